The highest BCUT2D eigenvalue weighted by Crippen LogP contribution is 2.26. The van der Waals surface area contributed by atoms with E-state index in [0.29, 0.717) is 36.7 Å². The summed E-state index contributed by atoms with van der Waals surface area (Å²) in [5.74, 6) is 0.0343. The third-order valence-electron chi connectivity index (χ3n) is 3.80. The van der Waals surface area contributed by atoms with Crippen LogP contribution in [0.4, 0.5) is 0 Å². The molecule has 0 bridgehead atoms. The van der Waals surface area contributed by atoms with Crippen LogP contribution in [0.5, 0.6) is 5.75 Å². The van der Waals surface area contributed by atoms with Gasteiger partial charge < -0.3 is 19.1 Å². The van der Waals surface area contributed by atoms with Crippen molar-refractivity contribution in [3.8, 4) is 5.75 Å². The highest BCUT2D eigenvalue weighted by Gasteiger charge is 2.35. The number of likely N-dealkylation sites (tertiary alicyclic amines) is 1. The molecule has 0 radical (unpaired) electrons. The van der Waals surface area contributed by atoms with Crippen molar-refractivity contribution < 1.29 is 19.0 Å². The molecule has 1 aliphatic rings. The van der Waals surface area contributed by atoms with Gasteiger partial charge >= 0.3 is 0 Å². The van der Waals surface area contributed by atoms with E-state index in [1.165, 1.54) is 0 Å². The Labute approximate surface area is 129 Å². The summed E-state index contributed by atoms with van der Waals surface area (Å²) in [4.78, 5) is 13.9. The minimum Gasteiger partial charge on any atom is -0.484 e. The molecule has 116 valence electrons. The number of hydrogen-bond acceptors (Lipinski definition) is 4. The summed E-state index contributed by atoms with van der Waals surface area (Å²) < 4.78 is 16.3. The molecule has 1 heterocycles. The maximum Gasteiger partial charge on any atom is 0.260 e. The van der Waals surface area contributed by atoms with Crippen LogP contribution in [0.3, 0.4) is 0 Å². The number of ether oxygens (including phenoxy) is 3. The maximum atomic E-state index is 12.1. The van der Waals surface area contributed by atoms with Gasteiger partial charge in [-0.15, -0.1) is 0 Å². The molecule has 21 heavy (non-hydrogen) atoms. The van der Waals surface area contributed by atoms with Crippen molar-refractivity contribution >= 4 is 17.5 Å². The van der Waals surface area contributed by atoms with Gasteiger partial charge in [-0.2, -0.15) is 0 Å². The van der Waals surface area contributed by atoms with E-state index in [-0.39, 0.29) is 12.5 Å². The topological polar surface area (TPSA) is 48.0 Å². The molecule has 1 aromatic carbocycles. The van der Waals surface area contributed by atoms with Gasteiger partial charge in [0.1, 0.15) is 5.75 Å². The van der Waals surface area contributed by atoms with Crippen LogP contribution in [0.15, 0.2) is 24.3 Å². The summed E-state index contributed by atoms with van der Waals surface area (Å²) in [6, 6.07) is 6.95. The Kier molecular flexibility index (Phi) is 5.45. The van der Waals surface area contributed by atoms with Crippen molar-refractivity contribution in [3.63, 3.8) is 0 Å². The number of amides is 1. The Morgan fingerprint density at radius 3 is 2.29 bits per heavy atom. The largest absolute Gasteiger partial charge is 0.484 e. The van der Waals surface area contributed by atoms with Crippen molar-refractivity contribution in [1.82, 2.24) is 4.90 Å². The third-order valence-corrected chi connectivity index (χ3v) is 4.05. The lowest BCUT2D eigenvalue weighted by Gasteiger charge is -2.39. The zero-order chi connectivity index (χ0) is 15.3. The summed E-state index contributed by atoms with van der Waals surface area (Å²) in [6.45, 7) is 1.23. The number of carbonyl (C=O) groups is 1. The van der Waals surface area contributed by atoms with Crippen LogP contribution >= 0.6 is 11.6 Å². The molecular formula is C15H20ClNO4. The normalized spacial score (nSPS) is 17.6. The number of halogens is 1. The van der Waals surface area contributed by atoms with E-state index < -0.39 is 5.79 Å². The van der Waals surface area contributed by atoms with Gasteiger partial charge in [-0.25, -0.2) is 0 Å². The number of hydrogen-bond donors (Lipinski definition) is 0. The van der Waals surface area contributed by atoms with Crippen LogP contribution in [0, 0.1) is 0 Å². The number of methoxy groups -OCH3 is 2. The van der Waals surface area contributed by atoms with Crippen LogP contribution in [-0.2, 0) is 14.3 Å². The molecule has 1 saturated heterocycles. The van der Waals surface area contributed by atoms with Crippen LogP contribution in [0.1, 0.15) is 12.8 Å². The Hall–Kier alpha value is -1.30. The third kappa shape index (κ3) is 4.09. The van der Waals surface area contributed by atoms with E-state index in [0.717, 1.165) is 0 Å². The second-order valence-corrected chi connectivity index (χ2v) is 5.38. The minimum atomic E-state index is -0.562. The van der Waals surface area contributed by atoms with Crippen LogP contribution in [0.2, 0.25) is 5.02 Å². The maximum absolute atomic E-state index is 12.1. The average molecular weight is 314 g/mol. The van der Waals surface area contributed by atoms with Crippen LogP contribution in [-0.4, -0.2) is 50.5 Å². The van der Waals surface area contributed by atoms with Gasteiger partial charge in [-0.05, 0) is 24.3 Å². The molecule has 0 spiro atoms. The van der Waals surface area contributed by atoms with E-state index in [4.69, 9.17) is 25.8 Å². The van der Waals surface area contributed by atoms with Crippen molar-refractivity contribution in [1.29, 1.82) is 0 Å². The highest BCUT2D eigenvalue weighted by molar-refractivity contribution is 6.30. The van der Waals surface area contributed by atoms with Crippen LogP contribution in [0.25, 0.3) is 0 Å². The molecule has 0 N–H and O–H groups in total. The van der Waals surface area contributed by atoms with Crippen molar-refractivity contribution in [2.75, 3.05) is 33.9 Å². The van der Waals surface area contributed by atoms with Gasteiger partial charge in [-0.3, -0.25) is 4.79 Å². The van der Waals surface area contributed by atoms with E-state index in [1.807, 2.05) is 0 Å². The fourth-order valence-electron chi connectivity index (χ4n) is 2.36. The fraction of sp³-hybridized carbons (Fsp3) is 0.533. The molecule has 0 saturated carbocycles. The first-order chi connectivity index (χ1) is 10.1. The van der Waals surface area contributed by atoms with E-state index in [1.54, 1.807) is 43.4 Å². The first-order valence-electron chi connectivity index (χ1n) is 6.85. The molecule has 1 aromatic rings. The number of nitrogens with zero attached hydrogens (tertiary/aromatic N) is 1. The van der Waals surface area contributed by atoms with Crippen molar-refractivity contribution in [3.05, 3.63) is 29.3 Å². The Balaban J connectivity index is 1.81. The Bertz CT molecular complexity index is 463. The molecule has 1 amide bonds. The molecule has 1 aliphatic heterocycles. The summed E-state index contributed by atoms with van der Waals surface area (Å²) in [5, 5.41) is 0.639. The van der Waals surface area contributed by atoms with Gasteiger partial charge in [0, 0.05) is 45.2 Å². The van der Waals surface area contributed by atoms with Crippen LogP contribution < -0.4 is 4.74 Å². The Morgan fingerprint density at radius 2 is 1.76 bits per heavy atom. The number of carbonyl (C=O) groups excluding carboxylic acids is 1. The van der Waals surface area contributed by atoms with E-state index >= 15 is 0 Å². The lowest BCUT2D eigenvalue weighted by molar-refractivity contribution is -0.228. The summed E-state index contributed by atoms with van der Waals surface area (Å²) >= 11 is 5.80. The van der Waals surface area contributed by atoms with Crippen molar-refractivity contribution in [2.24, 2.45) is 0 Å². The summed E-state index contributed by atoms with van der Waals surface area (Å²) in [7, 11) is 3.26. The molecule has 2 rings (SSSR count). The second-order valence-electron chi connectivity index (χ2n) is 4.94. The average Bonchev–Trinajstić information content (AvgIpc) is 2.54. The molecular weight excluding hydrogens is 294 g/mol. The second kappa shape index (κ2) is 7.11. The van der Waals surface area contributed by atoms with E-state index in [9.17, 15) is 4.79 Å². The highest BCUT2D eigenvalue weighted by atomic mass is 35.5. The molecule has 0 atom stereocenters. The lowest BCUT2D eigenvalue weighted by Crippen LogP contribution is -2.49. The predicted octanol–water partition coefficient (Wildman–Crippen LogP) is 2.33. The quantitative estimate of drug-likeness (QED) is 0.783. The first-order valence-corrected chi connectivity index (χ1v) is 7.23. The number of piperidine rings is 1. The standard InChI is InChI=1S/C15H20ClNO4/c1-19-15(20-2)7-9-17(10-8-15)14(18)11-21-13-5-3-12(16)4-6-13/h3-6H,7-11H2,1-2H3. The van der Waals surface area contributed by atoms with Gasteiger partial charge in [0.15, 0.2) is 12.4 Å². The summed E-state index contributed by atoms with van der Waals surface area (Å²) in [5.41, 5.74) is 0. The molecule has 6 heteroatoms. The molecule has 0 aliphatic carbocycles. The van der Waals surface area contributed by atoms with Crippen molar-refractivity contribution in [2.45, 2.75) is 18.6 Å². The van der Waals surface area contributed by atoms with Gasteiger partial charge in [0.2, 0.25) is 0 Å². The first kappa shape index (κ1) is 16.1. The minimum absolute atomic E-state index is 0.0224. The monoisotopic (exact) mass is 313 g/mol. The van der Waals surface area contributed by atoms with Gasteiger partial charge in [0.25, 0.3) is 5.91 Å². The molecule has 5 nitrogen and oxygen atoms in total. The van der Waals surface area contributed by atoms with Gasteiger partial charge in [-0.1, -0.05) is 11.6 Å². The smallest absolute Gasteiger partial charge is 0.260 e. The zero-order valence-electron chi connectivity index (χ0n) is 12.3. The fourth-order valence-corrected chi connectivity index (χ4v) is 2.48. The van der Waals surface area contributed by atoms with Gasteiger partial charge in [0.05, 0.1) is 0 Å². The molecule has 1 fully saturated rings. The Morgan fingerprint density at radius 1 is 1.19 bits per heavy atom. The SMILES string of the molecule is COC1(OC)CCN(C(=O)COc2ccc(Cl)cc2)CC1. The zero-order valence-corrected chi connectivity index (χ0v) is 13.1. The van der Waals surface area contributed by atoms with E-state index in [2.05, 4.69) is 0 Å². The lowest BCUT2D eigenvalue weighted by atomic mass is 10.0. The summed E-state index contributed by atoms with van der Waals surface area (Å²) in [6.07, 6.45) is 1.32. The number of rotatable bonds is 5. The predicted molar refractivity (Wildman–Crippen MR) is 79.5 cm³/mol. The number of benzene rings is 1. The molecule has 0 aromatic heterocycles. The molecule has 0 unspecified atom stereocenters.